The SMILES string of the molecule is COCCn1cc(N)cc(C#N)c1=O. The van der Waals surface area contributed by atoms with E-state index in [1.165, 1.54) is 16.8 Å². The average molecular weight is 193 g/mol. The summed E-state index contributed by atoms with van der Waals surface area (Å²) < 4.78 is 6.20. The first-order chi connectivity index (χ1) is 6.69. The first kappa shape index (κ1) is 10.3. The zero-order valence-corrected chi connectivity index (χ0v) is 7.86. The van der Waals surface area contributed by atoms with Crippen LogP contribution in [0.15, 0.2) is 17.1 Å². The molecule has 0 aromatic carbocycles. The fraction of sp³-hybridized carbons (Fsp3) is 0.333. The number of nitrogens with zero attached hydrogens (tertiary/aromatic N) is 2. The summed E-state index contributed by atoms with van der Waals surface area (Å²) in [5, 5.41) is 8.64. The summed E-state index contributed by atoms with van der Waals surface area (Å²) in [7, 11) is 1.54. The lowest BCUT2D eigenvalue weighted by Crippen LogP contribution is -2.24. The van der Waals surface area contributed by atoms with E-state index < -0.39 is 0 Å². The van der Waals surface area contributed by atoms with E-state index in [1.807, 2.05) is 0 Å². The summed E-state index contributed by atoms with van der Waals surface area (Å²) >= 11 is 0. The summed E-state index contributed by atoms with van der Waals surface area (Å²) in [5.74, 6) is 0. The van der Waals surface area contributed by atoms with Gasteiger partial charge in [0.05, 0.1) is 6.61 Å². The van der Waals surface area contributed by atoms with Gasteiger partial charge in [0.1, 0.15) is 11.6 Å². The summed E-state index contributed by atoms with van der Waals surface area (Å²) in [6.45, 7) is 0.809. The van der Waals surface area contributed by atoms with Crippen LogP contribution in [-0.4, -0.2) is 18.3 Å². The molecule has 0 spiro atoms. The molecule has 0 fully saturated rings. The quantitative estimate of drug-likeness (QED) is 0.729. The lowest BCUT2D eigenvalue weighted by Gasteiger charge is -2.05. The van der Waals surface area contributed by atoms with Gasteiger partial charge in [-0.15, -0.1) is 0 Å². The first-order valence-corrected chi connectivity index (χ1v) is 4.08. The second kappa shape index (κ2) is 4.44. The number of anilines is 1. The summed E-state index contributed by atoms with van der Waals surface area (Å²) in [6, 6.07) is 3.17. The maximum Gasteiger partial charge on any atom is 0.268 e. The van der Waals surface area contributed by atoms with E-state index in [9.17, 15) is 4.79 Å². The molecule has 5 heteroatoms. The molecule has 0 saturated heterocycles. The molecule has 14 heavy (non-hydrogen) atoms. The Morgan fingerprint density at radius 2 is 2.43 bits per heavy atom. The lowest BCUT2D eigenvalue weighted by atomic mass is 10.3. The smallest absolute Gasteiger partial charge is 0.268 e. The van der Waals surface area contributed by atoms with Crippen molar-refractivity contribution in [3.05, 3.63) is 28.2 Å². The van der Waals surface area contributed by atoms with Crippen molar-refractivity contribution in [3.8, 4) is 6.07 Å². The largest absolute Gasteiger partial charge is 0.398 e. The second-order valence-corrected chi connectivity index (χ2v) is 2.79. The number of pyridine rings is 1. The molecule has 1 aromatic heterocycles. The lowest BCUT2D eigenvalue weighted by molar-refractivity contribution is 0.186. The van der Waals surface area contributed by atoms with Crippen LogP contribution < -0.4 is 11.3 Å². The van der Waals surface area contributed by atoms with Crippen LogP contribution in [0.5, 0.6) is 0 Å². The zero-order chi connectivity index (χ0) is 10.6. The topological polar surface area (TPSA) is 81.0 Å². The maximum absolute atomic E-state index is 11.5. The Morgan fingerprint density at radius 3 is 3.00 bits per heavy atom. The molecule has 5 nitrogen and oxygen atoms in total. The minimum Gasteiger partial charge on any atom is -0.398 e. The van der Waals surface area contributed by atoms with Crippen LogP contribution in [0.25, 0.3) is 0 Å². The highest BCUT2D eigenvalue weighted by atomic mass is 16.5. The number of rotatable bonds is 3. The highest BCUT2D eigenvalue weighted by Crippen LogP contribution is 2.00. The van der Waals surface area contributed by atoms with E-state index in [2.05, 4.69) is 0 Å². The van der Waals surface area contributed by atoms with Gasteiger partial charge in [0.2, 0.25) is 0 Å². The van der Waals surface area contributed by atoms with Crippen LogP contribution in [0.3, 0.4) is 0 Å². The van der Waals surface area contributed by atoms with E-state index in [-0.39, 0.29) is 11.1 Å². The number of ether oxygens (including phenoxy) is 1. The molecule has 0 bridgehead atoms. The molecule has 2 N–H and O–H groups in total. The van der Waals surface area contributed by atoms with Crippen LogP contribution >= 0.6 is 0 Å². The normalized spacial score (nSPS) is 9.71. The minimum absolute atomic E-state index is 0.0566. The van der Waals surface area contributed by atoms with Gasteiger partial charge in [-0.25, -0.2) is 0 Å². The van der Waals surface area contributed by atoms with Crippen molar-refractivity contribution in [3.63, 3.8) is 0 Å². The van der Waals surface area contributed by atoms with Crippen molar-refractivity contribution < 1.29 is 4.74 Å². The zero-order valence-electron chi connectivity index (χ0n) is 7.86. The molecule has 0 atom stereocenters. The molecule has 0 amide bonds. The van der Waals surface area contributed by atoms with Gasteiger partial charge in [0.15, 0.2) is 0 Å². The summed E-state index contributed by atoms with van der Waals surface area (Å²) in [4.78, 5) is 11.5. The second-order valence-electron chi connectivity index (χ2n) is 2.79. The van der Waals surface area contributed by atoms with Crippen molar-refractivity contribution in [2.75, 3.05) is 19.5 Å². The Balaban J connectivity index is 3.11. The molecule has 0 saturated carbocycles. The van der Waals surface area contributed by atoms with E-state index >= 15 is 0 Å². The number of nitriles is 1. The number of hydrogen-bond acceptors (Lipinski definition) is 4. The van der Waals surface area contributed by atoms with E-state index in [4.69, 9.17) is 15.7 Å². The molecule has 1 heterocycles. The molecule has 74 valence electrons. The van der Waals surface area contributed by atoms with Gasteiger partial charge < -0.3 is 15.0 Å². The van der Waals surface area contributed by atoms with Gasteiger partial charge in [-0.05, 0) is 6.07 Å². The van der Waals surface area contributed by atoms with Crippen LogP contribution in [0.2, 0.25) is 0 Å². The van der Waals surface area contributed by atoms with Crippen LogP contribution in [0.4, 0.5) is 5.69 Å². The first-order valence-electron chi connectivity index (χ1n) is 4.08. The number of hydrogen-bond donors (Lipinski definition) is 1. The van der Waals surface area contributed by atoms with Crippen LogP contribution in [0, 0.1) is 11.3 Å². The van der Waals surface area contributed by atoms with Crippen molar-refractivity contribution in [2.45, 2.75) is 6.54 Å². The predicted octanol–water partition coefficient (Wildman–Crippen LogP) is -0.0514. The molecule has 1 rings (SSSR count). The van der Waals surface area contributed by atoms with Crippen LogP contribution in [0.1, 0.15) is 5.56 Å². The van der Waals surface area contributed by atoms with Gasteiger partial charge in [-0.2, -0.15) is 5.26 Å². The van der Waals surface area contributed by atoms with Gasteiger partial charge in [0.25, 0.3) is 5.56 Å². The van der Waals surface area contributed by atoms with Gasteiger partial charge >= 0.3 is 0 Å². The van der Waals surface area contributed by atoms with Crippen LogP contribution in [-0.2, 0) is 11.3 Å². The average Bonchev–Trinajstić information content (AvgIpc) is 2.18. The summed E-state index contributed by atoms with van der Waals surface area (Å²) in [5.41, 5.74) is 5.65. The standard InChI is InChI=1S/C9H11N3O2/c1-14-3-2-12-6-8(11)4-7(5-10)9(12)13/h4,6H,2-3,11H2,1H3. The molecular formula is C9H11N3O2. The fourth-order valence-electron chi connectivity index (χ4n) is 1.09. The maximum atomic E-state index is 11.5. The third-order valence-electron chi connectivity index (χ3n) is 1.76. The molecule has 0 aliphatic rings. The number of nitrogens with two attached hydrogens (primary N) is 1. The molecular weight excluding hydrogens is 182 g/mol. The number of methoxy groups -OCH3 is 1. The summed E-state index contributed by atoms with van der Waals surface area (Å²) in [6.07, 6.45) is 1.50. The Labute approximate surface area is 81.3 Å². The Kier molecular flexibility index (Phi) is 3.26. The van der Waals surface area contributed by atoms with Crippen molar-refractivity contribution in [1.29, 1.82) is 5.26 Å². The van der Waals surface area contributed by atoms with E-state index in [1.54, 1.807) is 13.2 Å². The predicted molar refractivity (Wildman–Crippen MR) is 51.7 cm³/mol. The molecule has 0 aliphatic heterocycles. The monoisotopic (exact) mass is 193 g/mol. The minimum atomic E-state index is -0.334. The third kappa shape index (κ3) is 2.12. The van der Waals surface area contributed by atoms with Gasteiger partial charge in [0, 0.05) is 25.5 Å². The van der Waals surface area contributed by atoms with Crippen molar-refractivity contribution in [2.24, 2.45) is 0 Å². The molecule has 0 aliphatic carbocycles. The van der Waals surface area contributed by atoms with Crippen molar-refractivity contribution in [1.82, 2.24) is 4.57 Å². The van der Waals surface area contributed by atoms with Crippen molar-refractivity contribution >= 4 is 5.69 Å². The highest BCUT2D eigenvalue weighted by molar-refractivity contribution is 5.42. The Morgan fingerprint density at radius 1 is 1.71 bits per heavy atom. The molecule has 0 radical (unpaired) electrons. The van der Waals surface area contributed by atoms with Gasteiger partial charge in [-0.1, -0.05) is 0 Å². The number of aromatic nitrogens is 1. The van der Waals surface area contributed by atoms with Gasteiger partial charge in [-0.3, -0.25) is 4.79 Å². The van der Waals surface area contributed by atoms with E-state index in [0.29, 0.717) is 18.8 Å². The third-order valence-corrected chi connectivity index (χ3v) is 1.76. The van der Waals surface area contributed by atoms with E-state index in [0.717, 1.165) is 0 Å². The Hall–Kier alpha value is -1.80. The fourth-order valence-corrected chi connectivity index (χ4v) is 1.09. The highest BCUT2D eigenvalue weighted by Gasteiger charge is 2.03. The molecule has 1 aromatic rings. The molecule has 0 unspecified atom stereocenters. The Bertz CT molecular complexity index is 417. The number of nitrogen functional groups attached to an aromatic ring is 1.